The van der Waals surface area contributed by atoms with E-state index in [0.717, 1.165) is 44.7 Å². The molecule has 1 aliphatic rings. The summed E-state index contributed by atoms with van der Waals surface area (Å²) in [7, 11) is 0. The van der Waals surface area contributed by atoms with E-state index in [2.05, 4.69) is 77.4 Å². The van der Waals surface area contributed by atoms with Gasteiger partial charge >= 0.3 is 0 Å². The monoisotopic (exact) mass is 331 g/mol. The van der Waals surface area contributed by atoms with E-state index in [4.69, 9.17) is 4.98 Å². The largest absolute Gasteiger partial charge is 0.369 e. The van der Waals surface area contributed by atoms with Gasteiger partial charge in [-0.25, -0.2) is 0 Å². The molecule has 3 heteroatoms. The summed E-state index contributed by atoms with van der Waals surface area (Å²) in [4.78, 5) is 9.85. The highest BCUT2D eigenvalue weighted by atomic mass is 15.3. The van der Waals surface area contributed by atoms with Gasteiger partial charge in [0.05, 0.1) is 5.52 Å². The molecular formula is C22H25N3. The van der Waals surface area contributed by atoms with Crippen LogP contribution in [-0.4, -0.2) is 42.6 Å². The first kappa shape index (κ1) is 16.1. The zero-order valence-corrected chi connectivity index (χ0v) is 14.9. The fourth-order valence-electron chi connectivity index (χ4n) is 3.57. The van der Waals surface area contributed by atoms with Crippen LogP contribution < -0.4 is 4.90 Å². The first-order valence-electron chi connectivity index (χ1n) is 9.16. The third kappa shape index (κ3) is 3.83. The highest BCUT2D eigenvalue weighted by Crippen LogP contribution is 2.18. The van der Waals surface area contributed by atoms with Gasteiger partial charge in [-0.2, -0.15) is 0 Å². The molecule has 25 heavy (non-hydrogen) atoms. The molecule has 1 saturated heterocycles. The Kier molecular flexibility index (Phi) is 4.66. The molecule has 128 valence electrons. The number of anilines is 1. The number of hydrogen-bond acceptors (Lipinski definition) is 3. The molecule has 0 spiro atoms. The van der Waals surface area contributed by atoms with Crippen LogP contribution >= 0.6 is 0 Å². The van der Waals surface area contributed by atoms with Gasteiger partial charge in [0.15, 0.2) is 0 Å². The van der Waals surface area contributed by atoms with E-state index >= 15 is 0 Å². The van der Waals surface area contributed by atoms with Crippen molar-refractivity contribution in [1.29, 1.82) is 0 Å². The average Bonchev–Trinajstić information content (AvgIpc) is 2.66. The maximum atomic E-state index is 4.79. The predicted octanol–water partition coefficient (Wildman–Crippen LogP) is 3.91. The fraction of sp³-hybridized carbons (Fsp3) is 0.318. The summed E-state index contributed by atoms with van der Waals surface area (Å²) in [5, 5.41) is 1.22. The van der Waals surface area contributed by atoms with E-state index in [0.29, 0.717) is 0 Å². The normalized spacial score (nSPS) is 15.6. The Balaban J connectivity index is 1.32. The lowest BCUT2D eigenvalue weighted by Crippen LogP contribution is -2.47. The second-order valence-electron chi connectivity index (χ2n) is 6.91. The minimum atomic E-state index is 1.02. The molecule has 0 radical (unpaired) electrons. The molecule has 2 aromatic carbocycles. The van der Waals surface area contributed by atoms with E-state index < -0.39 is 0 Å². The van der Waals surface area contributed by atoms with Crippen molar-refractivity contribution in [2.75, 3.05) is 37.6 Å². The topological polar surface area (TPSA) is 19.4 Å². The smallest absolute Gasteiger partial charge is 0.0705 e. The number of hydrogen-bond donors (Lipinski definition) is 0. The van der Waals surface area contributed by atoms with Gasteiger partial charge in [-0.15, -0.1) is 0 Å². The van der Waals surface area contributed by atoms with Crippen LogP contribution in [0.15, 0.2) is 60.7 Å². The van der Waals surface area contributed by atoms with Gasteiger partial charge in [0.2, 0.25) is 0 Å². The maximum absolute atomic E-state index is 4.79. The number of aromatic nitrogens is 1. The minimum absolute atomic E-state index is 1.02. The number of rotatable bonds is 4. The first-order valence-corrected chi connectivity index (χ1v) is 9.16. The molecule has 4 rings (SSSR count). The Morgan fingerprint density at radius 1 is 0.880 bits per heavy atom. The van der Waals surface area contributed by atoms with Crippen LogP contribution in [0.25, 0.3) is 10.9 Å². The molecule has 3 aromatic rings. The lowest BCUT2D eigenvalue weighted by molar-refractivity contribution is 0.260. The molecule has 0 bridgehead atoms. The van der Waals surface area contributed by atoms with E-state index in [9.17, 15) is 0 Å². The zero-order valence-electron chi connectivity index (χ0n) is 14.9. The first-order chi connectivity index (χ1) is 12.3. The highest BCUT2D eigenvalue weighted by molar-refractivity contribution is 5.78. The molecule has 0 unspecified atom stereocenters. The van der Waals surface area contributed by atoms with Crippen LogP contribution in [0.4, 0.5) is 5.69 Å². The van der Waals surface area contributed by atoms with Crippen molar-refractivity contribution in [2.45, 2.75) is 13.3 Å². The molecule has 3 nitrogen and oxygen atoms in total. The Hall–Kier alpha value is -2.39. The molecule has 1 fully saturated rings. The number of fused-ring (bicyclic) bond motifs is 1. The SMILES string of the molecule is Cc1cccc(N2CCN(CCc3ccc4ccccc4n3)CC2)c1. The Bertz CT molecular complexity index is 851. The second kappa shape index (κ2) is 7.24. The summed E-state index contributed by atoms with van der Waals surface area (Å²) in [6.45, 7) is 7.72. The Labute approximate surface area is 149 Å². The van der Waals surface area contributed by atoms with E-state index in [1.165, 1.54) is 22.3 Å². The van der Waals surface area contributed by atoms with Crippen LogP contribution in [0.2, 0.25) is 0 Å². The van der Waals surface area contributed by atoms with E-state index in [1.54, 1.807) is 0 Å². The molecule has 0 N–H and O–H groups in total. The Morgan fingerprint density at radius 2 is 1.72 bits per heavy atom. The van der Waals surface area contributed by atoms with E-state index in [1.807, 2.05) is 0 Å². The van der Waals surface area contributed by atoms with Crippen molar-refractivity contribution in [2.24, 2.45) is 0 Å². The van der Waals surface area contributed by atoms with Gasteiger partial charge in [-0.1, -0.05) is 36.4 Å². The number of pyridine rings is 1. The summed E-state index contributed by atoms with van der Waals surface area (Å²) in [5.74, 6) is 0. The lowest BCUT2D eigenvalue weighted by Gasteiger charge is -2.36. The third-order valence-corrected chi connectivity index (χ3v) is 5.08. The highest BCUT2D eigenvalue weighted by Gasteiger charge is 2.17. The number of para-hydroxylation sites is 1. The van der Waals surface area contributed by atoms with Crippen molar-refractivity contribution in [1.82, 2.24) is 9.88 Å². The average molecular weight is 331 g/mol. The molecular weight excluding hydrogens is 306 g/mol. The molecule has 1 aromatic heterocycles. The fourth-order valence-corrected chi connectivity index (χ4v) is 3.57. The number of aryl methyl sites for hydroxylation is 1. The van der Waals surface area contributed by atoms with Gasteiger partial charge < -0.3 is 4.90 Å². The van der Waals surface area contributed by atoms with Crippen LogP contribution in [0.3, 0.4) is 0 Å². The quantitative estimate of drug-likeness (QED) is 0.722. The molecule has 1 aliphatic heterocycles. The predicted molar refractivity (Wildman–Crippen MR) is 105 cm³/mol. The van der Waals surface area contributed by atoms with Crippen molar-refractivity contribution in [3.05, 3.63) is 71.9 Å². The van der Waals surface area contributed by atoms with Crippen molar-refractivity contribution < 1.29 is 0 Å². The second-order valence-corrected chi connectivity index (χ2v) is 6.91. The zero-order chi connectivity index (χ0) is 17.1. The summed E-state index contributed by atoms with van der Waals surface area (Å²) in [5.41, 5.74) is 4.99. The molecule has 2 heterocycles. The summed E-state index contributed by atoms with van der Waals surface area (Å²) in [6.07, 6.45) is 1.02. The number of nitrogens with zero attached hydrogens (tertiary/aromatic N) is 3. The van der Waals surface area contributed by atoms with E-state index in [-0.39, 0.29) is 0 Å². The Morgan fingerprint density at radius 3 is 2.56 bits per heavy atom. The molecule has 0 amide bonds. The number of benzene rings is 2. The van der Waals surface area contributed by atoms with Gasteiger partial charge in [0.1, 0.15) is 0 Å². The van der Waals surface area contributed by atoms with Crippen molar-refractivity contribution in [3.8, 4) is 0 Å². The number of piperazine rings is 1. The summed E-state index contributed by atoms with van der Waals surface area (Å²) >= 11 is 0. The third-order valence-electron chi connectivity index (χ3n) is 5.08. The summed E-state index contributed by atoms with van der Waals surface area (Å²) in [6, 6.07) is 21.5. The molecule has 0 saturated carbocycles. The molecule has 0 atom stereocenters. The summed E-state index contributed by atoms with van der Waals surface area (Å²) < 4.78 is 0. The minimum Gasteiger partial charge on any atom is -0.369 e. The maximum Gasteiger partial charge on any atom is 0.0705 e. The van der Waals surface area contributed by atoms with Crippen LogP contribution in [-0.2, 0) is 6.42 Å². The van der Waals surface area contributed by atoms with Crippen LogP contribution in [0, 0.1) is 6.92 Å². The lowest BCUT2D eigenvalue weighted by atomic mass is 10.1. The van der Waals surface area contributed by atoms with Crippen molar-refractivity contribution in [3.63, 3.8) is 0 Å². The van der Waals surface area contributed by atoms with Gasteiger partial charge in [-0.3, -0.25) is 9.88 Å². The van der Waals surface area contributed by atoms with Crippen molar-refractivity contribution >= 4 is 16.6 Å². The standard InChI is InChI=1S/C22H25N3/c1-18-5-4-7-21(17-18)25-15-13-24(14-16-25)12-11-20-10-9-19-6-2-3-8-22(19)23-20/h2-10,17H,11-16H2,1H3. The van der Waals surface area contributed by atoms with Gasteiger partial charge in [0, 0.05) is 55.9 Å². The van der Waals surface area contributed by atoms with Crippen LogP contribution in [0.1, 0.15) is 11.3 Å². The molecule has 0 aliphatic carbocycles. The van der Waals surface area contributed by atoms with Gasteiger partial charge in [0.25, 0.3) is 0 Å². The van der Waals surface area contributed by atoms with Gasteiger partial charge in [-0.05, 0) is 36.8 Å². The van der Waals surface area contributed by atoms with Crippen LogP contribution in [0.5, 0.6) is 0 Å².